The van der Waals surface area contributed by atoms with Gasteiger partial charge in [0.2, 0.25) is 11.8 Å². The normalized spacial score (nSPS) is 11.3. The molecular weight excluding hydrogens is 451 g/mol. The fourth-order valence-corrected chi connectivity index (χ4v) is 3.21. The summed E-state index contributed by atoms with van der Waals surface area (Å²) >= 11 is 0. The SMILES string of the molecule is CNC(=O)n1ccc2c(Oc3ccc(NC(=O)Cc4ccc(C(F)(F)F)cc4)cc3)ncnc21. The molecule has 0 radical (unpaired) electrons. The van der Waals surface area contributed by atoms with Crippen LogP contribution in [-0.4, -0.2) is 33.5 Å². The van der Waals surface area contributed by atoms with Crippen LogP contribution >= 0.6 is 0 Å². The Labute approximate surface area is 191 Å². The van der Waals surface area contributed by atoms with Gasteiger partial charge in [-0.05, 0) is 48.0 Å². The van der Waals surface area contributed by atoms with Crippen molar-refractivity contribution in [2.24, 2.45) is 0 Å². The number of amides is 2. The lowest BCUT2D eigenvalue weighted by molar-refractivity contribution is -0.137. The van der Waals surface area contributed by atoms with Gasteiger partial charge in [-0.1, -0.05) is 12.1 Å². The average molecular weight is 469 g/mol. The molecule has 0 unspecified atom stereocenters. The van der Waals surface area contributed by atoms with Gasteiger partial charge in [0, 0.05) is 18.9 Å². The van der Waals surface area contributed by atoms with Crippen LogP contribution in [0.25, 0.3) is 11.0 Å². The smallest absolute Gasteiger partial charge is 0.416 e. The van der Waals surface area contributed by atoms with Crippen molar-refractivity contribution in [1.82, 2.24) is 19.9 Å². The Hall–Kier alpha value is -4.41. The number of halogens is 3. The molecule has 8 nitrogen and oxygen atoms in total. The van der Waals surface area contributed by atoms with Gasteiger partial charge in [-0.2, -0.15) is 13.2 Å². The highest BCUT2D eigenvalue weighted by atomic mass is 19.4. The number of nitrogens with one attached hydrogen (secondary N) is 2. The third-order valence-electron chi connectivity index (χ3n) is 4.88. The van der Waals surface area contributed by atoms with Crippen molar-refractivity contribution < 1.29 is 27.5 Å². The Kier molecular flexibility index (Phi) is 6.17. The van der Waals surface area contributed by atoms with E-state index in [0.717, 1.165) is 12.1 Å². The molecule has 0 aliphatic heterocycles. The molecule has 0 aliphatic carbocycles. The van der Waals surface area contributed by atoms with Crippen molar-refractivity contribution >= 4 is 28.7 Å². The highest BCUT2D eigenvalue weighted by Crippen LogP contribution is 2.30. The number of ether oxygens (including phenoxy) is 1. The Balaban J connectivity index is 1.40. The maximum absolute atomic E-state index is 12.7. The van der Waals surface area contributed by atoms with Crippen LogP contribution in [0.1, 0.15) is 11.1 Å². The Morgan fingerprint density at radius 1 is 1.00 bits per heavy atom. The predicted molar refractivity (Wildman–Crippen MR) is 118 cm³/mol. The van der Waals surface area contributed by atoms with Gasteiger partial charge in [0.25, 0.3) is 0 Å². The van der Waals surface area contributed by atoms with Crippen LogP contribution < -0.4 is 15.4 Å². The van der Waals surface area contributed by atoms with Gasteiger partial charge in [-0.25, -0.2) is 14.8 Å². The number of anilines is 1. The second-order valence-corrected chi connectivity index (χ2v) is 7.20. The first-order chi connectivity index (χ1) is 16.2. The zero-order chi connectivity index (χ0) is 24.3. The minimum Gasteiger partial charge on any atom is -0.438 e. The maximum Gasteiger partial charge on any atom is 0.416 e. The number of rotatable bonds is 5. The average Bonchev–Trinajstić information content (AvgIpc) is 3.25. The Bertz CT molecular complexity index is 1330. The van der Waals surface area contributed by atoms with Crippen molar-refractivity contribution in [2.45, 2.75) is 12.6 Å². The van der Waals surface area contributed by atoms with Crippen molar-refractivity contribution in [2.75, 3.05) is 12.4 Å². The standard InChI is InChI=1S/C23H18F3N5O3/c1-27-22(33)31-11-10-18-20(31)28-13-29-21(18)34-17-8-6-16(7-9-17)30-19(32)12-14-2-4-15(5-3-14)23(24,25)26/h2-11,13H,12H2,1H3,(H,27,33)(H,30,32). The minimum absolute atomic E-state index is 0.0718. The highest BCUT2D eigenvalue weighted by Gasteiger charge is 2.30. The van der Waals surface area contributed by atoms with Crippen LogP contribution in [0.15, 0.2) is 67.1 Å². The summed E-state index contributed by atoms with van der Waals surface area (Å²) in [5.74, 6) is 0.321. The molecule has 0 saturated heterocycles. The molecule has 0 saturated carbocycles. The van der Waals surface area contributed by atoms with Gasteiger partial charge >= 0.3 is 12.2 Å². The fraction of sp³-hybridized carbons (Fsp3) is 0.130. The van der Waals surface area contributed by atoms with E-state index in [9.17, 15) is 22.8 Å². The van der Waals surface area contributed by atoms with Crippen molar-refractivity contribution in [3.63, 3.8) is 0 Å². The number of carbonyl (C=O) groups excluding carboxylic acids is 2. The van der Waals surface area contributed by atoms with Crippen molar-refractivity contribution in [1.29, 1.82) is 0 Å². The molecular formula is C23H18F3N5O3. The van der Waals surface area contributed by atoms with Crippen LogP contribution in [-0.2, 0) is 17.4 Å². The van der Waals surface area contributed by atoms with Crippen molar-refractivity contribution in [3.8, 4) is 11.6 Å². The van der Waals surface area contributed by atoms with Crippen LogP contribution in [0.2, 0.25) is 0 Å². The van der Waals surface area contributed by atoms with Gasteiger partial charge in [-0.15, -0.1) is 0 Å². The molecule has 2 amide bonds. The number of aromatic nitrogens is 3. The Morgan fingerprint density at radius 2 is 1.71 bits per heavy atom. The number of carbonyl (C=O) groups is 2. The summed E-state index contributed by atoms with van der Waals surface area (Å²) in [4.78, 5) is 32.4. The van der Waals surface area contributed by atoms with Gasteiger partial charge in [0.05, 0.1) is 17.4 Å². The summed E-state index contributed by atoms with van der Waals surface area (Å²) in [5.41, 5.74) is 0.569. The molecule has 2 aromatic heterocycles. The van der Waals surface area contributed by atoms with Gasteiger partial charge < -0.3 is 15.4 Å². The molecule has 4 rings (SSSR count). The first kappa shape index (κ1) is 22.8. The van der Waals surface area contributed by atoms with Gasteiger partial charge in [-0.3, -0.25) is 9.36 Å². The zero-order valence-electron chi connectivity index (χ0n) is 17.8. The Morgan fingerprint density at radius 3 is 2.35 bits per heavy atom. The molecule has 0 aliphatic rings. The summed E-state index contributed by atoms with van der Waals surface area (Å²) in [6.07, 6.45) is -1.65. The van der Waals surface area contributed by atoms with Gasteiger partial charge in [0.15, 0.2) is 5.65 Å². The summed E-state index contributed by atoms with van der Waals surface area (Å²) in [6, 6.07) is 12.2. The number of fused-ring (bicyclic) bond motifs is 1. The number of hydrogen-bond donors (Lipinski definition) is 2. The molecule has 2 N–H and O–H groups in total. The second-order valence-electron chi connectivity index (χ2n) is 7.20. The number of benzene rings is 2. The lowest BCUT2D eigenvalue weighted by Gasteiger charge is -2.09. The third-order valence-corrected chi connectivity index (χ3v) is 4.88. The lowest BCUT2D eigenvalue weighted by Crippen LogP contribution is -2.23. The van der Waals surface area contributed by atoms with E-state index in [1.807, 2.05) is 0 Å². The molecule has 0 spiro atoms. The van der Waals surface area contributed by atoms with E-state index < -0.39 is 11.7 Å². The lowest BCUT2D eigenvalue weighted by atomic mass is 10.1. The van der Waals surface area contributed by atoms with E-state index in [-0.39, 0.29) is 24.2 Å². The topological polar surface area (TPSA) is 98.1 Å². The van der Waals surface area contributed by atoms with E-state index in [0.29, 0.717) is 28.0 Å². The van der Waals surface area contributed by atoms with Crippen LogP contribution in [0.4, 0.5) is 23.7 Å². The summed E-state index contributed by atoms with van der Waals surface area (Å²) in [5, 5.41) is 5.75. The zero-order valence-corrected chi connectivity index (χ0v) is 17.8. The maximum atomic E-state index is 12.7. The quantitative estimate of drug-likeness (QED) is 0.445. The molecule has 0 fully saturated rings. The van der Waals surface area contributed by atoms with E-state index in [1.54, 1.807) is 36.5 Å². The van der Waals surface area contributed by atoms with Crippen LogP contribution in [0, 0.1) is 0 Å². The molecule has 0 bridgehead atoms. The molecule has 174 valence electrons. The number of alkyl halides is 3. The van der Waals surface area contributed by atoms with E-state index in [4.69, 9.17) is 4.74 Å². The van der Waals surface area contributed by atoms with E-state index in [1.165, 1.54) is 30.1 Å². The molecule has 34 heavy (non-hydrogen) atoms. The van der Waals surface area contributed by atoms with Crippen LogP contribution in [0.5, 0.6) is 11.6 Å². The molecule has 4 aromatic rings. The largest absolute Gasteiger partial charge is 0.438 e. The second kappa shape index (κ2) is 9.22. The first-order valence-corrected chi connectivity index (χ1v) is 10.0. The van der Waals surface area contributed by atoms with E-state index >= 15 is 0 Å². The van der Waals surface area contributed by atoms with E-state index in [2.05, 4.69) is 20.6 Å². The summed E-state index contributed by atoms with van der Waals surface area (Å²) < 4.78 is 45.1. The predicted octanol–water partition coefficient (Wildman–Crippen LogP) is 4.61. The molecule has 2 heterocycles. The van der Waals surface area contributed by atoms with Crippen molar-refractivity contribution in [3.05, 3.63) is 78.2 Å². The van der Waals surface area contributed by atoms with Crippen LogP contribution in [0.3, 0.4) is 0 Å². The van der Waals surface area contributed by atoms with Gasteiger partial charge in [0.1, 0.15) is 12.1 Å². The summed E-state index contributed by atoms with van der Waals surface area (Å²) in [6.45, 7) is 0. The molecule has 2 aromatic carbocycles. The first-order valence-electron chi connectivity index (χ1n) is 10.0. The fourth-order valence-electron chi connectivity index (χ4n) is 3.21. The monoisotopic (exact) mass is 469 g/mol. The highest BCUT2D eigenvalue weighted by molar-refractivity contribution is 5.92. The molecule has 11 heteroatoms. The summed E-state index contributed by atoms with van der Waals surface area (Å²) in [7, 11) is 1.51. The molecule has 0 atom stereocenters. The minimum atomic E-state index is -4.42. The third kappa shape index (κ3) is 4.98. The number of nitrogens with zero attached hydrogens (tertiary/aromatic N) is 3. The number of hydrogen-bond acceptors (Lipinski definition) is 5.